The van der Waals surface area contributed by atoms with Crippen molar-refractivity contribution < 1.29 is 41.7 Å². The predicted molar refractivity (Wildman–Crippen MR) is 126 cm³/mol. The molecule has 0 saturated heterocycles. The van der Waals surface area contributed by atoms with Gasteiger partial charge in [-0.2, -0.15) is 0 Å². The molecule has 1 amide bonds. The van der Waals surface area contributed by atoms with Crippen LogP contribution in [-0.2, 0) is 14.3 Å². The summed E-state index contributed by atoms with van der Waals surface area (Å²) >= 11 is 0. The second-order valence-corrected chi connectivity index (χ2v) is 7.42. The molecule has 0 bridgehead atoms. The van der Waals surface area contributed by atoms with Gasteiger partial charge in [0.15, 0.2) is 0 Å². The first-order valence-corrected chi connectivity index (χ1v) is 10.8. The van der Waals surface area contributed by atoms with E-state index in [1.807, 2.05) is 18.2 Å². The number of alkyl halides is 3. The molecule has 7 nitrogen and oxygen atoms in total. The van der Waals surface area contributed by atoms with Crippen molar-refractivity contribution in [3.8, 4) is 28.4 Å². The van der Waals surface area contributed by atoms with Crippen LogP contribution < -0.4 is 19.1 Å². The summed E-state index contributed by atoms with van der Waals surface area (Å²) in [4.78, 5) is 26.2. The highest BCUT2D eigenvalue weighted by Gasteiger charge is 2.31. The third-order valence-electron chi connectivity index (χ3n) is 5.03. The first-order valence-electron chi connectivity index (χ1n) is 10.8. The quantitative estimate of drug-likeness (QED) is 0.226. The van der Waals surface area contributed by atoms with E-state index in [-0.39, 0.29) is 18.9 Å². The lowest BCUT2D eigenvalue weighted by Gasteiger charge is -2.24. The van der Waals surface area contributed by atoms with Crippen LogP contribution in [0, 0.1) is 0 Å². The van der Waals surface area contributed by atoms with Gasteiger partial charge in [0, 0.05) is 6.54 Å². The highest BCUT2D eigenvalue weighted by molar-refractivity contribution is 6.38. The zero-order valence-corrected chi connectivity index (χ0v) is 19.6. The molecule has 0 aliphatic carbocycles. The number of rotatable bonds is 9. The molecule has 0 atom stereocenters. The van der Waals surface area contributed by atoms with Crippen molar-refractivity contribution in [2.45, 2.75) is 12.8 Å². The Bertz CT molecular complexity index is 1170. The van der Waals surface area contributed by atoms with Crippen molar-refractivity contribution in [1.82, 2.24) is 0 Å². The Morgan fingerprint density at radius 3 is 2.14 bits per heavy atom. The van der Waals surface area contributed by atoms with Crippen LogP contribution in [0.5, 0.6) is 17.2 Å². The average molecular weight is 503 g/mol. The summed E-state index contributed by atoms with van der Waals surface area (Å²) in [6, 6.07) is 19.3. The molecule has 0 N–H and O–H groups in total. The summed E-state index contributed by atoms with van der Waals surface area (Å²) < 4.78 is 57.0. The molecule has 0 aromatic heterocycles. The number of anilines is 1. The lowest BCUT2D eigenvalue weighted by Crippen LogP contribution is -2.38. The Morgan fingerprint density at radius 2 is 1.53 bits per heavy atom. The van der Waals surface area contributed by atoms with E-state index in [9.17, 15) is 22.8 Å². The second kappa shape index (κ2) is 12.0. The largest absolute Gasteiger partial charge is 0.573 e. The molecule has 0 heterocycles. The number of nitrogens with zero attached hydrogens (tertiary/aromatic N) is 1. The van der Waals surface area contributed by atoms with Crippen LogP contribution in [0.1, 0.15) is 6.42 Å². The minimum absolute atomic E-state index is 0.110. The van der Waals surface area contributed by atoms with Crippen LogP contribution in [0.15, 0.2) is 72.8 Å². The number of hydrogen-bond acceptors (Lipinski definition) is 6. The summed E-state index contributed by atoms with van der Waals surface area (Å²) in [5.74, 6) is -1.33. The number of esters is 1. The number of halogens is 3. The van der Waals surface area contributed by atoms with Gasteiger partial charge in [-0.05, 0) is 53.9 Å². The number of amides is 1. The van der Waals surface area contributed by atoms with E-state index in [4.69, 9.17) is 9.47 Å². The van der Waals surface area contributed by atoms with Gasteiger partial charge in [0.1, 0.15) is 17.2 Å². The molecule has 0 spiro atoms. The van der Waals surface area contributed by atoms with Crippen LogP contribution in [0.2, 0.25) is 0 Å². The molecule has 0 unspecified atom stereocenters. The smallest absolute Gasteiger partial charge is 0.495 e. The second-order valence-electron chi connectivity index (χ2n) is 7.42. The van der Waals surface area contributed by atoms with E-state index < -0.39 is 18.2 Å². The zero-order valence-electron chi connectivity index (χ0n) is 19.6. The van der Waals surface area contributed by atoms with E-state index in [0.717, 1.165) is 7.11 Å². The maximum absolute atomic E-state index is 12.9. The number of carbonyl (C=O) groups is 2. The topological polar surface area (TPSA) is 74.3 Å². The van der Waals surface area contributed by atoms with E-state index in [2.05, 4.69) is 9.47 Å². The zero-order chi connectivity index (χ0) is 26.1. The fourth-order valence-electron chi connectivity index (χ4n) is 3.39. The van der Waals surface area contributed by atoms with Crippen molar-refractivity contribution in [3.05, 3.63) is 72.8 Å². The van der Waals surface area contributed by atoms with Crippen molar-refractivity contribution in [2.24, 2.45) is 0 Å². The van der Waals surface area contributed by atoms with Gasteiger partial charge in [-0.15, -0.1) is 13.2 Å². The minimum atomic E-state index is -4.80. The summed E-state index contributed by atoms with van der Waals surface area (Å²) in [6.07, 6.45) is -4.41. The Labute approximate surface area is 205 Å². The Hall–Kier alpha value is -4.21. The number of hydrogen-bond donors (Lipinski definition) is 0. The fraction of sp³-hybridized carbons (Fsp3) is 0.231. The maximum atomic E-state index is 12.9. The molecule has 3 rings (SSSR count). The van der Waals surface area contributed by atoms with Crippen molar-refractivity contribution >= 4 is 17.6 Å². The summed E-state index contributed by atoms with van der Waals surface area (Å²) in [5, 5.41) is 0. The molecule has 190 valence electrons. The monoisotopic (exact) mass is 503 g/mol. The van der Waals surface area contributed by atoms with Crippen LogP contribution in [0.25, 0.3) is 11.1 Å². The fourth-order valence-corrected chi connectivity index (χ4v) is 3.39. The third-order valence-corrected chi connectivity index (χ3v) is 5.03. The van der Waals surface area contributed by atoms with Gasteiger partial charge in [-0.25, -0.2) is 4.79 Å². The summed E-state index contributed by atoms with van der Waals surface area (Å²) in [6.45, 7) is 0.385. The van der Waals surface area contributed by atoms with Gasteiger partial charge in [0.05, 0.1) is 26.5 Å². The highest BCUT2D eigenvalue weighted by Crippen LogP contribution is 2.35. The lowest BCUT2D eigenvalue weighted by molar-refractivity contribution is -0.274. The van der Waals surface area contributed by atoms with Crippen LogP contribution in [0.3, 0.4) is 0 Å². The van der Waals surface area contributed by atoms with Crippen molar-refractivity contribution in [2.75, 3.05) is 32.3 Å². The predicted octanol–water partition coefficient (Wildman–Crippen LogP) is 5.24. The van der Waals surface area contributed by atoms with E-state index in [0.29, 0.717) is 34.7 Å². The van der Waals surface area contributed by atoms with Crippen LogP contribution in [-0.4, -0.2) is 45.6 Å². The van der Waals surface area contributed by atoms with Crippen molar-refractivity contribution in [3.63, 3.8) is 0 Å². The average Bonchev–Trinajstić information content (AvgIpc) is 2.87. The van der Waals surface area contributed by atoms with Crippen LogP contribution >= 0.6 is 0 Å². The van der Waals surface area contributed by atoms with Gasteiger partial charge < -0.3 is 18.9 Å². The minimum Gasteiger partial charge on any atom is -0.495 e. The number of ether oxygens (including phenoxy) is 4. The van der Waals surface area contributed by atoms with Gasteiger partial charge in [-0.3, -0.25) is 9.69 Å². The highest BCUT2D eigenvalue weighted by atomic mass is 19.4. The molecular formula is C26H24F3NO6. The number of carbonyl (C=O) groups excluding carboxylic acids is 2. The molecule has 3 aromatic rings. The molecule has 0 aliphatic rings. The van der Waals surface area contributed by atoms with Crippen LogP contribution in [0.4, 0.5) is 18.9 Å². The molecule has 3 aromatic carbocycles. The van der Waals surface area contributed by atoms with Gasteiger partial charge in [0.25, 0.3) is 0 Å². The third kappa shape index (κ3) is 7.14. The van der Waals surface area contributed by atoms with E-state index in [1.54, 1.807) is 30.3 Å². The number of benzene rings is 3. The maximum Gasteiger partial charge on any atom is 0.573 e. The number of para-hydroxylation sites is 1. The van der Waals surface area contributed by atoms with Gasteiger partial charge >= 0.3 is 18.2 Å². The molecule has 0 aliphatic heterocycles. The van der Waals surface area contributed by atoms with E-state index in [1.165, 1.54) is 36.3 Å². The molecule has 0 saturated carbocycles. The molecule has 10 heteroatoms. The Kier molecular flexibility index (Phi) is 8.77. The Balaban J connectivity index is 1.86. The molecular weight excluding hydrogens is 479 g/mol. The standard InChI is InChI=1S/C26H24F3NO6/c1-33-23-14-11-19(18-9-12-21(13-10-18)36-26(27,28)29)17-22(23)30(24(31)25(32)34-2)15-6-16-35-20-7-4-3-5-8-20/h3-5,7-14,17H,6,15-16H2,1-2H3. The summed E-state index contributed by atoms with van der Waals surface area (Å²) in [7, 11) is 2.52. The normalized spacial score (nSPS) is 10.9. The Morgan fingerprint density at radius 1 is 0.861 bits per heavy atom. The molecule has 0 fully saturated rings. The van der Waals surface area contributed by atoms with E-state index >= 15 is 0 Å². The van der Waals surface area contributed by atoms with Gasteiger partial charge in [-0.1, -0.05) is 36.4 Å². The first-order chi connectivity index (χ1) is 17.2. The summed E-state index contributed by atoms with van der Waals surface area (Å²) in [5.41, 5.74) is 1.43. The molecule has 0 radical (unpaired) electrons. The lowest BCUT2D eigenvalue weighted by atomic mass is 10.0. The molecule has 36 heavy (non-hydrogen) atoms. The van der Waals surface area contributed by atoms with Crippen molar-refractivity contribution in [1.29, 1.82) is 0 Å². The number of methoxy groups -OCH3 is 2. The van der Waals surface area contributed by atoms with Gasteiger partial charge in [0.2, 0.25) is 0 Å². The first kappa shape index (κ1) is 26.4. The SMILES string of the molecule is COC(=O)C(=O)N(CCCOc1ccccc1)c1cc(-c2ccc(OC(F)(F)F)cc2)ccc1OC.